The Morgan fingerprint density at radius 1 is 1.16 bits per heavy atom. The number of aryl methyl sites for hydroxylation is 1. The number of nitrogens with one attached hydrogen (secondary N) is 2. The van der Waals surface area contributed by atoms with Gasteiger partial charge in [-0.2, -0.15) is 5.10 Å². The molecule has 5 nitrogen and oxygen atoms in total. The van der Waals surface area contributed by atoms with Crippen LogP contribution in [0.1, 0.15) is 27.2 Å². The second kappa shape index (κ2) is 6.43. The number of hydrogen-bond acceptors (Lipinski definition) is 3. The van der Waals surface area contributed by atoms with Crippen LogP contribution in [0.5, 0.6) is 5.75 Å². The molecular formula is C20H19N3O2. The van der Waals surface area contributed by atoms with E-state index in [0.717, 1.165) is 41.0 Å². The summed E-state index contributed by atoms with van der Waals surface area (Å²) in [6.45, 7) is 0.410. The fourth-order valence-corrected chi connectivity index (χ4v) is 3.36. The number of ether oxygens (including phenoxy) is 1. The van der Waals surface area contributed by atoms with Gasteiger partial charge in [-0.15, -0.1) is 0 Å². The van der Waals surface area contributed by atoms with Crippen molar-refractivity contribution in [2.24, 2.45) is 0 Å². The lowest BCUT2D eigenvalue weighted by atomic mass is 9.89. The van der Waals surface area contributed by atoms with Crippen LogP contribution in [0.2, 0.25) is 0 Å². The zero-order chi connectivity index (χ0) is 17.2. The first-order valence-corrected chi connectivity index (χ1v) is 8.33. The van der Waals surface area contributed by atoms with Crippen LogP contribution in [0.3, 0.4) is 0 Å². The van der Waals surface area contributed by atoms with Gasteiger partial charge in [-0.1, -0.05) is 42.5 Å². The van der Waals surface area contributed by atoms with Gasteiger partial charge in [0.25, 0.3) is 5.91 Å². The number of para-hydroxylation sites is 1. The number of nitrogens with zero attached hydrogens (tertiary/aromatic N) is 1. The molecule has 1 amide bonds. The highest BCUT2D eigenvalue weighted by atomic mass is 16.5. The van der Waals surface area contributed by atoms with Crippen molar-refractivity contribution in [3.8, 4) is 17.0 Å². The standard InChI is InChI=1S/C20H19N3O2/c1-25-17-9-5-3-7-14(17)12-21-20(24)19-16-11-10-13-6-2-4-8-15(13)18(16)22-23-19/h2-9H,10-12H2,1H3,(H,21,24)(H,22,23). The van der Waals surface area contributed by atoms with Gasteiger partial charge in [-0.3, -0.25) is 9.89 Å². The molecule has 5 heteroatoms. The Morgan fingerprint density at radius 2 is 1.96 bits per heavy atom. The maximum absolute atomic E-state index is 12.6. The molecular weight excluding hydrogens is 314 g/mol. The van der Waals surface area contributed by atoms with Gasteiger partial charge in [0.15, 0.2) is 0 Å². The molecule has 0 radical (unpaired) electrons. The summed E-state index contributed by atoms with van der Waals surface area (Å²) in [5, 5.41) is 10.3. The first-order valence-electron chi connectivity index (χ1n) is 8.33. The monoisotopic (exact) mass is 333 g/mol. The third-order valence-corrected chi connectivity index (χ3v) is 4.64. The number of H-pyrrole nitrogens is 1. The molecule has 0 fully saturated rings. The minimum atomic E-state index is -0.140. The molecule has 0 saturated carbocycles. The summed E-state index contributed by atoms with van der Waals surface area (Å²) in [7, 11) is 1.63. The van der Waals surface area contributed by atoms with E-state index in [2.05, 4.69) is 27.6 Å². The van der Waals surface area contributed by atoms with Gasteiger partial charge in [-0.25, -0.2) is 0 Å². The van der Waals surface area contributed by atoms with E-state index in [-0.39, 0.29) is 5.91 Å². The van der Waals surface area contributed by atoms with Crippen LogP contribution in [-0.4, -0.2) is 23.2 Å². The van der Waals surface area contributed by atoms with Crippen LogP contribution in [0.4, 0.5) is 0 Å². The van der Waals surface area contributed by atoms with Crippen LogP contribution in [0.25, 0.3) is 11.3 Å². The van der Waals surface area contributed by atoms with E-state index >= 15 is 0 Å². The fraction of sp³-hybridized carbons (Fsp3) is 0.200. The highest BCUT2D eigenvalue weighted by Gasteiger charge is 2.24. The molecule has 1 heterocycles. The Bertz CT molecular complexity index is 930. The van der Waals surface area contributed by atoms with Gasteiger partial charge in [0.05, 0.1) is 12.8 Å². The van der Waals surface area contributed by atoms with Crippen LogP contribution in [0.15, 0.2) is 48.5 Å². The average molecular weight is 333 g/mol. The minimum Gasteiger partial charge on any atom is -0.496 e. The number of fused-ring (bicyclic) bond motifs is 3. The summed E-state index contributed by atoms with van der Waals surface area (Å²) < 4.78 is 5.33. The van der Waals surface area contributed by atoms with Gasteiger partial charge >= 0.3 is 0 Å². The maximum Gasteiger partial charge on any atom is 0.269 e. The fourth-order valence-electron chi connectivity index (χ4n) is 3.36. The van der Waals surface area contributed by atoms with Gasteiger partial charge in [0, 0.05) is 23.2 Å². The molecule has 2 N–H and O–H groups in total. The van der Waals surface area contributed by atoms with Gasteiger partial charge in [0.1, 0.15) is 11.4 Å². The molecule has 2 aromatic carbocycles. The zero-order valence-electron chi connectivity index (χ0n) is 14.0. The second-order valence-electron chi connectivity index (χ2n) is 6.08. The Balaban J connectivity index is 1.56. The van der Waals surface area contributed by atoms with Crippen molar-refractivity contribution in [2.75, 3.05) is 7.11 Å². The number of hydrogen-bond donors (Lipinski definition) is 2. The lowest BCUT2D eigenvalue weighted by Gasteiger charge is -2.15. The third kappa shape index (κ3) is 2.78. The molecule has 126 valence electrons. The van der Waals surface area contributed by atoms with E-state index in [1.54, 1.807) is 7.11 Å². The van der Waals surface area contributed by atoms with E-state index in [1.165, 1.54) is 5.56 Å². The number of aromatic amines is 1. The topological polar surface area (TPSA) is 67.0 Å². The summed E-state index contributed by atoms with van der Waals surface area (Å²) in [6, 6.07) is 15.9. The summed E-state index contributed by atoms with van der Waals surface area (Å²) in [5.74, 6) is 0.627. The lowest BCUT2D eigenvalue weighted by Crippen LogP contribution is -2.25. The number of carbonyl (C=O) groups is 1. The van der Waals surface area contributed by atoms with Crippen molar-refractivity contribution >= 4 is 5.91 Å². The first kappa shape index (κ1) is 15.4. The molecule has 0 saturated heterocycles. The van der Waals surface area contributed by atoms with Crippen LogP contribution in [0, 0.1) is 0 Å². The zero-order valence-corrected chi connectivity index (χ0v) is 14.0. The molecule has 1 aliphatic rings. The molecule has 4 rings (SSSR count). The third-order valence-electron chi connectivity index (χ3n) is 4.64. The number of rotatable bonds is 4. The molecule has 25 heavy (non-hydrogen) atoms. The molecule has 1 aliphatic carbocycles. The SMILES string of the molecule is COc1ccccc1CNC(=O)c1[nH]nc2c1CCc1ccccc1-2. The lowest BCUT2D eigenvalue weighted by molar-refractivity contribution is 0.0944. The van der Waals surface area contributed by atoms with Gasteiger partial charge in [0.2, 0.25) is 0 Å². The number of methoxy groups -OCH3 is 1. The largest absolute Gasteiger partial charge is 0.496 e. The summed E-state index contributed by atoms with van der Waals surface area (Å²) in [6.07, 6.45) is 1.75. The first-order chi connectivity index (χ1) is 12.3. The highest BCUT2D eigenvalue weighted by molar-refractivity contribution is 5.96. The maximum atomic E-state index is 12.6. The predicted octanol–water partition coefficient (Wildman–Crippen LogP) is 3.11. The normalized spacial score (nSPS) is 12.2. The molecule has 1 aromatic heterocycles. The van der Waals surface area contributed by atoms with Crippen LogP contribution in [-0.2, 0) is 19.4 Å². The smallest absolute Gasteiger partial charge is 0.269 e. The van der Waals surface area contributed by atoms with E-state index in [1.807, 2.05) is 36.4 Å². The van der Waals surface area contributed by atoms with Crippen LogP contribution >= 0.6 is 0 Å². The van der Waals surface area contributed by atoms with Crippen molar-refractivity contribution in [1.29, 1.82) is 0 Å². The molecule has 0 bridgehead atoms. The number of benzene rings is 2. The highest BCUT2D eigenvalue weighted by Crippen LogP contribution is 2.33. The Hall–Kier alpha value is -3.08. The summed E-state index contributed by atoms with van der Waals surface area (Å²) in [5.41, 5.74) is 5.78. The second-order valence-corrected chi connectivity index (χ2v) is 6.08. The minimum absolute atomic E-state index is 0.140. The Labute approximate surface area is 146 Å². The molecule has 0 unspecified atom stereocenters. The quantitative estimate of drug-likeness (QED) is 0.771. The van der Waals surface area contributed by atoms with Gasteiger partial charge in [-0.05, 0) is 24.5 Å². The number of carbonyl (C=O) groups excluding carboxylic acids is 1. The van der Waals surface area contributed by atoms with E-state index in [4.69, 9.17) is 4.74 Å². The van der Waals surface area contributed by atoms with Crippen molar-refractivity contribution in [3.63, 3.8) is 0 Å². The van der Waals surface area contributed by atoms with E-state index < -0.39 is 0 Å². The van der Waals surface area contributed by atoms with Crippen LogP contribution < -0.4 is 10.1 Å². The van der Waals surface area contributed by atoms with Crippen molar-refractivity contribution in [2.45, 2.75) is 19.4 Å². The molecule has 3 aromatic rings. The molecule has 0 spiro atoms. The number of aromatic nitrogens is 2. The summed E-state index contributed by atoms with van der Waals surface area (Å²) in [4.78, 5) is 12.6. The molecule has 0 aliphatic heterocycles. The Kier molecular flexibility index (Phi) is 3.98. The average Bonchev–Trinajstić information content (AvgIpc) is 3.11. The number of amides is 1. The predicted molar refractivity (Wildman–Crippen MR) is 95.6 cm³/mol. The van der Waals surface area contributed by atoms with E-state index in [9.17, 15) is 4.79 Å². The van der Waals surface area contributed by atoms with Crippen molar-refractivity contribution < 1.29 is 9.53 Å². The van der Waals surface area contributed by atoms with E-state index in [0.29, 0.717) is 12.2 Å². The van der Waals surface area contributed by atoms with Crippen molar-refractivity contribution in [3.05, 3.63) is 70.9 Å². The van der Waals surface area contributed by atoms with Crippen molar-refractivity contribution in [1.82, 2.24) is 15.5 Å². The molecule has 0 atom stereocenters. The Morgan fingerprint density at radius 3 is 2.84 bits per heavy atom. The van der Waals surface area contributed by atoms with Gasteiger partial charge < -0.3 is 10.1 Å². The summed E-state index contributed by atoms with van der Waals surface area (Å²) >= 11 is 0.